The predicted molar refractivity (Wildman–Crippen MR) is 115 cm³/mol. The summed E-state index contributed by atoms with van der Waals surface area (Å²) in [6, 6.07) is 10.6. The smallest absolute Gasteiger partial charge is 0.150 e. The van der Waals surface area contributed by atoms with E-state index in [4.69, 9.17) is 9.97 Å². The normalized spacial score (nSPS) is 16.8. The van der Waals surface area contributed by atoms with Gasteiger partial charge < -0.3 is 10.2 Å². The molecular weight excluding hydrogens is 366 g/mol. The molecule has 140 valence electrons. The van der Waals surface area contributed by atoms with Crippen LogP contribution < -0.4 is 10.2 Å². The Morgan fingerprint density at radius 2 is 1.79 bits per heavy atom. The molecule has 1 aromatic carbocycles. The van der Waals surface area contributed by atoms with Gasteiger partial charge in [-0.25, -0.2) is 15.0 Å². The van der Waals surface area contributed by atoms with Gasteiger partial charge in [0.05, 0.1) is 15.9 Å². The van der Waals surface area contributed by atoms with E-state index >= 15 is 0 Å². The Kier molecular flexibility index (Phi) is 3.80. The molecule has 5 nitrogen and oxygen atoms in total. The third kappa shape index (κ3) is 2.45. The molecule has 1 N–H and O–H groups in total. The molecule has 1 fully saturated rings. The second-order valence-corrected chi connectivity index (χ2v) is 8.53. The van der Waals surface area contributed by atoms with Crippen molar-refractivity contribution < 1.29 is 0 Å². The highest BCUT2D eigenvalue weighted by molar-refractivity contribution is 7.26. The first-order chi connectivity index (χ1) is 13.9. The van der Waals surface area contributed by atoms with Crippen molar-refractivity contribution in [1.29, 1.82) is 0 Å². The largest absolute Gasteiger partial charge is 0.353 e. The third-order valence-electron chi connectivity index (χ3n) is 5.92. The molecule has 0 saturated carbocycles. The van der Waals surface area contributed by atoms with Crippen LogP contribution in [0.3, 0.4) is 0 Å². The van der Waals surface area contributed by atoms with Gasteiger partial charge in [-0.05, 0) is 30.4 Å². The highest BCUT2D eigenvalue weighted by atomic mass is 32.1. The fourth-order valence-corrected chi connectivity index (χ4v) is 5.80. The molecule has 6 rings (SSSR count). The van der Waals surface area contributed by atoms with Gasteiger partial charge in [-0.2, -0.15) is 0 Å². The molecule has 0 spiro atoms. The first kappa shape index (κ1) is 16.4. The predicted octanol–water partition coefficient (Wildman–Crippen LogP) is 3.80. The van der Waals surface area contributed by atoms with Crippen LogP contribution >= 0.6 is 11.3 Å². The van der Waals surface area contributed by atoms with E-state index in [1.807, 2.05) is 0 Å². The summed E-state index contributed by atoms with van der Waals surface area (Å²) in [5, 5.41) is 4.69. The standard InChI is InChI=1S/C22H21N5S/c1-2-5-14(6-3-1)18-16-8-4-7-15(16)17-19-20(28-22(17)26-18)21(25-13-24-19)27-11-9-23-10-12-27/h1-3,5-6,13,23H,4,7-12H2. The van der Waals surface area contributed by atoms with Crippen molar-refractivity contribution in [2.75, 3.05) is 31.1 Å². The van der Waals surface area contributed by atoms with Gasteiger partial charge in [-0.15, -0.1) is 11.3 Å². The summed E-state index contributed by atoms with van der Waals surface area (Å²) in [6.45, 7) is 3.98. The fraction of sp³-hybridized carbons (Fsp3) is 0.318. The van der Waals surface area contributed by atoms with E-state index in [0.717, 1.165) is 60.9 Å². The van der Waals surface area contributed by atoms with E-state index in [9.17, 15) is 0 Å². The Bertz CT molecular complexity index is 1180. The molecule has 0 atom stereocenters. The molecular formula is C22H21N5S. The van der Waals surface area contributed by atoms with Crippen LogP contribution in [0.25, 0.3) is 31.7 Å². The Morgan fingerprint density at radius 3 is 2.64 bits per heavy atom. The van der Waals surface area contributed by atoms with Crippen LogP contribution in [-0.4, -0.2) is 41.1 Å². The Balaban J connectivity index is 1.63. The zero-order valence-corrected chi connectivity index (χ0v) is 16.4. The molecule has 4 heterocycles. The highest BCUT2D eigenvalue weighted by Gasteiger charge is 2.26. The lowest BCUT2D eigenvalue weighted by Crippen LogP contribution is -2.43. The summed E-state index contributed by atoms with van der Waals surface area (Å²) in [5.41, 5.74) is 6.34. The van der Waals surface area contributed by atoms with Crippen LogP contribution in [0.1, 0.15) is 17.5 Å². The SMILES string of the molecule is c1ccc(-c2nc3sc4c(N5CCNCC5)ncnc4c3c3c2CCC3)cc1. The molecule has 28 heavy (non-hydrogen) atoms. The molecule has 0 unspecified atom stereocenters. The number of aromatic nitrogens is 3. The van der Waals surface area contributed by atoms with Crippen molar-refractivity contribution in [3.63, 3.8) is 0 Å². The first-order valence-corrected chi connectivity index (χ1v) is 10.8. The van der Waals surface area contributed by atoms with Crippen LogP contribution in [0.15, 0.2) is 36.7 Å². The fourth-order valence-electron chi connectivity index (χ4n) is 4.62. The zero-order valence-electron chi connectivity index (χ0n) is 15.6. The van der Waals surface area contributed by atoms with Crippen LogP contribution in [0.2, 0.25) is 0 Å². The van der Waals surface area contributed by atoms with Crippen LogP contribution in [-0.2, 0) is 12.8 Å². The van der Waals surface area contributed by atoms with Crippen LogP contribution in [0, 0.1) is 0 Å². The maximum Gasteiger partial charge on any atom is 0.150 e. The van der Waals surface area contributed by atoms with E-state index in [2.05, 4.69) is 45.5 Å². The quantitative estimate of drug-likeness (QED) is 0.567. The van der Waals surface area contributed by atoms with Crippen molar-refractivity contribution >= 4 is 37.6 Å². The molecule has 0 radical (unpaired) electrons. The van der Waals surface area contributed by atoms with Crippen LogP contribution in [0.5, 0.6) is 0 Å². The summed E-state index contributed by atoms with van der Waals surface area (Å²) in [6.07, 6.45) is 5.16. The molecule has 6 heteroatoms. The first-order valence-electron chi connectivity index (χ1n) is 10.0. The van der Waals surface area contributed by atoms with E-state index in [1.54, 1.807) is 17.7 Å². The van der Waals surface area contributed by atoms with Crippen molar-refractivity contribution in [1.82, 2.24) is 20.3 Å². The molecule has 3 aromatic heterocycles. The van der Waals surface area contributed by atoms with Gasteiger partial charge in [0.2, 0.25) is 0 Å². The van der Waals surface area contributed by atoms with Crippen LogP contribution in [0.4, 0.5) is 5.82 Å². The molecule has 0 bridgehead atoms. The summed E-state index contributed by atoms with van der Waals surface area (Å²) in [5.74, 6) is 1.07. The summed E-state index contributed by atoms with van der Waals surface area (Å²) in [4.78, 5) is 18.0. The number of aryl methyl sites for hydroxylation is 1. The average Bonchev–Trinajstić information content (AvgIpc) is 3.38. The average molecular weight is 388 g/mol. The molecule has 0 amide bonds. The maximum atomic E-state index is 5.16. The number of hydrogen-bond acceptors (Lipinski definition) is 6. The summed E-state index contributed by atoms with van der Waals surface area (Å²) >= 11 is 1.76. The molecule has 4 aromatic rings. The van der Waals surface area contributed by atoms with E-state index in [-0.39, 0.29) is 0 Å². The van der Waals surface area contributed by atoms with Crippen molar-refractivity contribution in [3.8, 4) is 11.3 Å². The molecule has 2 aliphatic rings. The Hall–Kier alpha value is -2.57. The number of anilines is 1. The Labute approximate surface area is 167 Å². The van der Waals surface area contributed by atoms with Crippen molar-refractivity contribution in [3.05, 3.63) is 47.8 Å². The third-order valence-corrected chi connectivity index (χ3v) is 6.99. The van der Waals surface area contributed by atoms with Crippen molar-refractivity contribution in [2.24, 2.45) is 0 Å². The lowest BCUT2D eigenvalue weighted by atomic mass is 10.0. The van der Waals surface area contributed by atoms with Gasteiger partial charge in [-0.1, -0.05) is 30.3 Å². The molecule has 1 aliphatic carbocycles. The minimum Gasteiger partial charge on any atom is -0.353 e. The lowest BCUT2D eigenvalue weighted by Gasteiger charge is -2.28. The zero-order chi connectivity index (χ0) is 18.5. The van der Waals surface area contributed by atoms with Gasteiger partial charge in [0.1, 0.15) is 17.0 Å². The maximum absolute atomic E-state index is 5.16. The number of fused-ring (bicyclic) bond motifs is 5. The number of nitrogens with zero attached hydrogens (tertiary/aromatic N) is 4. The summed E-state index contributed by atoms with van der Waals surface area (Å²) in [7, 11) is 0. The number of nitrogens with one attached hydrogen (secondary N) is 1. The monoisotopic (exact) mass is 387 g/mol. The number of rotatable bonds is 2. The van der Waals surface area contributed by atoms with Gasteiger partial charge in [0.15, 0.2) is 0 Å². The molecule has 1 aliphatic heterocycles. The number of piperazine rings is 1. The molecule has 1 saturated heterocycles. The highest BCUT2D eigenvalue weighted by Crippen LogP contribution is 2.43. The van der Waals surface area contributed by atoms with Crippen molar-refractivity contribution in [2.45, 2.75) is 19.3 Å². The van der Waals surface area contributed by atoms with Gasteiger partial charge >= 0.3 is 0 Å². The summed E-state index contributed by atoms with van der Waals surface area (Å²) < 4.78 is 1.19. The van der Waals surface area contributed by atoms with Gasteiger partial charge in [0, 0.05) is 37.1 Å². The lowest BCUT2D eigenvalue weighted by molar-refractivity contribution is 0.586. The Morgan fingerprint density at radius 1 is 0.964 bits per heavy atom. The van der Waals surface area contributed by atoms with Gasteiger partial charge in [-0.3, -0.25) is 0 Å². The number of thiophene rings is 1. The van der Waals surface area contributed by atoms with E-state index in [1.165, 1.54) is 33.2 Å². The second-order valence-electron chi connectivity index (χ2n) is 7.53. The minimum absolute atomic E-state index is 0.987. The topological polar surface area (TPSA) is 53.9 Å². The second kappa shape index (κ2) is 6.50. The van der Waals surface area contributed by atoms with Gasteiger partial charge in [0.25, 0.3) is 0 Å². The minimum atomic E-state index is 0.987. The number of hydrogen-bond donors (Lipinski definition) is 1. The number of pyridine rings is 1. The van der Waals surface area contributed by atoms with E-state index < -0.39 is 0 Å². The number of benzene rings is 1. The van der Waals surface area contributed by atoms with E-state index in [0.29, 0.717) is 0 Å².